The van der Waals surface area contributed by atoms with Crippen LogP contribution >= 0.6 is 0 Å². The van der Waals surface area contributed by atoms with E-state index in [1.807, 2.05) is 85.9 Å². The highest BCUT2D eigenvalue weighted by Gasteiger charge is 2.23. The lowest BCUT2D eigenvalue weighted by atomic mass is 10.2. The number of aromatic nitrogens is 1. The van der Waals surface area contributed by atoms with Crippen LogP contribution in [0.15, 0.2) is 48.7 Å². The topological polar surface area (TPSA) is 45.6 Å². The van der Waals surface area contributed by atoms with E-state index in [4.69, 9.17) is 0 Å². The van der Waals surface area contributed by atoms with E-state index in [9.17, 15) is 9.59 Å². The maximum absolute atomic E-state index is 13.0. The summed E-state index contributed by atoms with van der Waals surface area (Å²) in [7, 11) is 1.97. The smallest absolute Gasteiger partial charge is 0.242 e. The number of nitrogens with zero attached hydrogens (tertiary/aromatic N) is 3. The Bertz CT molecular complexity index is 722. The number of hydrogen-bond donors (Lipinski definition) is 0. The molecule has 0 radical (unpaired) electrons. The van der Waals surface area contributed by atoms with Gasteiger partial charge in [-0.1, -0.05) is 37.3 Å². The quantitative estimate of drug-likeness (QED) is 0.730. The van der Waals surface area contributed by atoms with Crippen molar-refractivity contribution in [1.82, 2.24) is 14.4 Å². The van der Waals surface area contributed by atoms with Gasteiger partial charge in [0.1, 0.15) is 0 Å². The maximum atomic E-state index is 13.0. The summed E-state index contributed by atoms with van der Waals surface area (Å²) in [5, 5.41) is 0. The van der Waals surface area contributed by atoms with Crippen LogP contribution in [0.3, 0.4) is 0 Å². The van der Waals surface area contributed by atoms with Gasteiger partial charge in [0.25, 0.3) is 0 Å². The third kappa shape index (κ3) is 5.22. The lowest BCUT2D eigenvalue weighted by Gasteiger charge is -2.30. The van der Waals surface area contributed by atoms with Crippen molar-refractivity contribution in [3.8, 4) is 0 Å². The van der Waals surface area contributed by atoms with E-state index in [1.165, 1.54) is 0 Å². The monoisotopic (exact) mass is 355 g/mol. The van der Waals surface area contributed by atoms with Crippen molar-refractivity contribution in [2.45, 2.75) is 46.3 Å². The fourth-order valence-corrected chi connectivity index (χ4v) is 2.90. The minimum absolute atomic E-state index is 0.0000108. The van der Waals surface area contributed by atoms with Gasteiger partial charge < -0.3 is 14.4 Å². The number of carbonyl (C=O) groups excluding carboxylic acids is 2. The fourth-order valence-electron chi connectivity index (χ4n) is 2.90. The normalized spacial score (nSPS) is 10.8. The van der Waals surface area contributed by atoms with Crippen LogP contribution in [0, 0.1) is 0 Å². The highest BCUT2D eigenvalue weighted by Crippen LogP contribution is 2.12. The molecule has 0 unspecified atom stereocenters. The van der Waals surface area contributed by atoms with Gasteiger partial charge >= 0.3 is 0 Å². The molecule has 0 N–H and O–H groups in total. The van der Waals surface area contributed by atoms with Gasteiger partial charge in [0.2, 0.25) is 11.8 Å². The second kappa shape index (κ2) is 9.22. The third-order valence-corrected chi connectivity index (χ3v) is 4.52. The van der Waals surface area contributed by atoms with Gasteiger partial charge in [0.05, 0.1) is 13.1 Å². The Morgan fingerprint density at radius 2 is 1.69 bits per heavy atom. The molecule has 2 rings (SSSR count). The molecule has 0 bridgehead atoms. The molecule has 2 amide bonds. The highest BCUT2D eigenvalue weighted by atomic mass is 16.2. The average Bonchev–Trinajstić information content (AvgIpc) is 3.03. The molecule has 140 valence electrons. The van der Waals surface area contributed by atoms with Gasteiger partial charge in [-0.25, -0.2) is 0 Å². The molecule has 0 saturated carbocycles. The van der Waals surface area contributed by atoms with Crippen LogP contribution in [0.1, 0.15) is 38.4 Å². The van der Waals surface area contributed by atoms with Crippen LogP contribution in [0.4, 0.5) is 0 Å². The van der Waals surface area contributed by atoms with Crippen molar-refractivity contribution in [3.05, 3.63) is 59.9 Å². The van der Waals surface area contributed by atoms with Gasteiger partial charge in [0.15, 0.2) is 0 Å². The van der Waals surface area contributed by atoms with Gasteiger partial charge in [-0.2, -0.15) is 0 Å². The number of rotatable bonds is 8. The molecule has 0 aliphatic carbocycles. The van der Waals surface area contributed by atoms with Gasteiger partial charge in [-0.15, -0.1) is 0 Å². The van der Waals surface area contributed by atoms with Crippen molar-refractivity contribution < 1.29 is 9.59 Å². The molecule has 1 heterocycles. The fraction of sp³-hybridized carbons (Fsp3) is 0.429. The van der Waals surface area contributed by atoms with Crippen molar-refractivity contribution >= 4 is 11.8 Å². The summed E-state index contributed by atoms with van der Waals surface area (Å²) in [4.78, 5) is 28.7. The van der Waals surface area contributed by atoms with Crippen molar-refractivity contribution in [1.29, 1.82) is 0 Å². The molecule has 0 fully saturated rings. The number of carbonyl (C=O) groups is 2. The van der Waals surface area contributed by atoms with E-state index in [-0.39, 0.29) is 24.4 Å². The molecule has 0 saturated heterocycles. The van der Waals surface area contributed by atoms with Crippen LogP contribution in [0.5, 0.6) is 0 Å². The average molecular weight is 355 g/mol. The zero-order chi connectivity index (χ0) is 19.1. The summed E-state index contributed by atoms with van der Waals surface area (Å²) in [5.74, 6) is -0.0302. The molecule has 0 aliphatic rings. The number of benzene rings is 1. The van der Waals surface area contributed by atoms with E-state index < -0.39 is 0 Å². The molecule has 1 aromatic heterocycles. The minimum Gasteiger partial charge on any atom is -0.353 e. The molecule has 2 aromatic rings. The molecule has 5 heteroatoms. The summed E-state index contributed by atoms with van der Waals surface area (Å²) in [5.41, 5.74) is 2.14. The molecular weight excluding hydrogens is 326 g/mol. The molecule has 5 nitrogen and oxygen atoms in total. The summed E-state index contributed by atoms with van der Waals surface area (Å²) in [6, 6.07) is 13.9. The Kier molecular flexibility index (Phi) is 7.01. The standard InChI is InChI=1S/C21H29N3O2/c1-5-20(25)24(17(2)3)16-21(26)23(14-18-10-7-6-8-11-18)15-19-12-9-13-22(19)4/h6-13,17H,5,14-16H2,1-4H3. The summed E-state index contributed by atoms with van der Waals surface area (Å²) >= 11 is 0. The van der Waals surface area contributed by atoms with Crippen molar-refractivity contribution in [2.24, 2.45) is 7.05 Å². The van der Waals surface area contributed by atoms with E-state index >= 15 is 0 Å². The Balaban J connectivity index is 2.19. The van der Waals surface area contributed by atoms with Gasteiger partial charge in [-0.05, 0) is 31.5 Å². The second-order valence-electron chi connectivity index (χ2n) is 6.81. The number of amides is 2. The van der Waals surface area contributed by atoms with Gasteiger partial charge in [0, 0.05) is 37.9 Å². The largest absolute Gasteiger partial charge is 0.353 e. The number of aryl methyl sites for hydroxylation is 1. The first-order chi connectivity index (χ1) is 12.4. The predicted molar refractivity (Wildman–Crippen MR) is 103 cm³/mol. The predicted octanol–water partition coefficient (Wildman–Crippen LogP) is 3.20. The molecule has 0 spiro atoms. The third-order valence-electron chi connectivity index (χ3n) is 4.52. The van der Waals surface area contributed by atoms with E-state index in [0.717, 1.165) is 11.3 Å². The van der Waals surface area contributed by atoms with E-state index in [1.54, 1.807) is 4.90 Å². The Hall–Kier alpha value is -2.56. The summed E-state index contributed by atoms with van der Waals surface area (Å²) in [6.07, 6.45) is 2.38. The minimum atomic E-state index is -0.0365. The van der Waals surface area contributed by atoms with Crippen LogP contribution in [-0.2, 0) is 29.7 Å². The van der Waals surface area contributed by atoms with Crippen LogP contribution < -0.4 is 0 Å². The van der Waals surface area contributed by atoms with Gasteiger partial charge in [-0.3, -0.25) is 9.59 Å². The molecular formula is C21H29N3O2. The lowest BCUT2D eigenvalue weighted by Crippen LogP contribution is -2.45. The summed E-state index contributed by atoms with van der Waals surface area (Å²) in [6.45, 7) is 6.87. The van der Waals surface area contributed by atoms with Crippen molar-refractivity contribution in [2.75, 3.05) is 6.54 Å². The molecule has 1 aromatic carbocycles. The van der Waals surface area contributed by atoms with Crippen LogP contribution in [0.2, 0.25) is 0 Å². The SMILES string of the molecule is CCC(=O)N(CC(=O)N(Cc1ccccc1)Cc1cccn1C)C(C)C. The summed E-state index contributed by atoms with van der Waals surface area (Å²) < 4.78 is 2.02. The first-order valence-corrected chi connectivity index (χ1v) is 9.13. The Labute approximate surface area is 156 Å². The van der Waals surface area contributed by atoms with Crippen LogP contribution in [-0.4, -0.2) is 38.8 Å². The van der Waals surface area contributed by atoms with Crippen molar-refractivity contribution in [3.63, 3.8) is 0 Å². The molecule has 26 heavy (non-hydrogen) atoms. The lowest BCUT2D eigenvalue weighted by molar-refractivity contribution is -0.142. The second-order valence-corrected chi connectivity index (χ2v) is 6.81. The zero-order valence-electron chi connectivity index (χ0n) is 16.2. The van der Waals surface area contributed by atoms with E-state index in [0.29, 0.717) is 19.5 Å². The number of hydrogen-bond acceptors (Lipinski definition) is 2. The molecule has 0 aliphatic heterocycles. The van der Waals surface area contributed by atoms with Crippen LogP contribution in [0.25, 0.3) is 0 Å². The first kappa shape index (κ1) is 19.8. The first-order valence-electron chi connectivity index (χ1n) is 9.13. The van der Waals surface area contributed by atoms with E-state index in [2.05, 4.69) is 0 Å². The zero-order valence-corrected chi connectivity index (χ0v) is 16.2. The Morgan fingerprint density at radius 1 is 1.00 bits per heavy atom. The maximum Gasteiger partial charge on any atom is 0.242 e. The Morgan fingerprint density at radius 3 is 2.23 bits per heavy atom. The molecule has 0 atom stereocenters. The highest BCUT2D eigenvalue weighted by molar-refractivity contribution is 5.85.